The van der Waals surface area contributed by atoms with Crippen LogP contribution in [0.15, 0.2) is 42.5 Å². The summed E-state index contributed by atoms with van der Waals surface area (Å²) in [5, 5.41) is 0.161. The Kier molecular flexibility index (Phi) is 4.56. The lowest BCUT2D eigenvalue weighted by atomic mass is 9.98. The van der Waals surface area contributed by atoms with Gasteiger partial charge in [0.2, 0.25) is 0 Å². The highest BCUT2D eigenvalue weighted by Crippen LogP contribution is 2.22. The normalized spacial score (nSPS) is 10.8. The SMILES string of the molecule is CC(C)c1ccc(CC(=O)c2c(F)cccc2Cl)cc1. The average molecular weight is 291 g/mol. The van der Waals surface area contributed by atoms with E-state index in [9.17, 15) is 9.18 Å². The van der Waals surface area contributed by atoms with Gasteiger partial charge in [0.1, 0.15) is 5.82 Å². The van der Waals surface area contributed by atoms with Crippen LogP contribution in [-0.2, 0) is 6.42 Å². The number of Topliss-reactive ketones (excluding diaryl/α,β-unsaturated/α-hetero) is 1. The van der Waals surface area contributed by atoms with Crippen molar-refractivity contribution in [2.24, 2.45) is 0 Å². The Morgan fingerprint density at radius 1 is 1.15 bits per heavy atom. The lowest BCUT2D eigenvalue weighted by Gasteiger charge is -2.08. The van der Waals surface area contributed by atoms with E-state index in [0.29, 0.717) is 5.92 Å². The molecule has 0 N–H and O–H groups in total. The first kappa shape index (κ1) is 14.7. The summed E-state index contributed by atoms with van der Waals surface area (Å²) in [4.78, 5) is 12.2. The summed E-state index contributed by atoms with van der Waals surface area (Å²) in [6, 6.07) is 12.1. The van der Waals surface area contributed by atoms with E-state index in [1.54, 1.807) is 0 Å². The van der Waals surface area contributed by atoms with Gasteiger partial charge in [-0.2, -0.15) is 0 Å². The molecular weight excluding hydrogens is 275 g/mol. The predicted octanol–water partition coefficient (Wildman–Crippen LogP) is 5.03. The zero-order valence-corrected chi connectivity index (χ0v) is 12.2. The zero-order chi connectivity index (χ0) is 14.7. The lowest BCUT2D eigenvalue weighted by Crippen LogP contribution is -2.07. The standard InChI is InChI=1S/C17H16ClFO/c1-11(2)13-8-6-12(7-9-13)10-16(20)17-14(18)4-3-5-15(17)19/h3-9,11H,10H2,1-2H3. The highest BCUT2D eigenvalue weighted by Gasteiger charge is 2.16. The van der Waals surface area contributed by atoms with Gasteiger partial charge in [-0.15, -0.1) is 0 Å². The van der Waals surface area contributed by atoms with Crippen molar-refractivity contribution >= 4 is 17.4 Å². The minimum atomic E-state index is -0.568. The molecule has 0 fully saturated rings. The van der Waals surface area contributed by atoms with Gasteiger partial charge in [0, 0.05) is 6.42 Å². The first-order chi connectivity index (χ1) is 9.49. The third-order valence-corrected chi connectivity index (χ3v) is 3.57. The van der Waals surface area contributed by atoms with E-state index in [-0.39, 0.29) is 22.8 Å². The second-order valence-electron chi connectivity index (χ2n) is 5.09. The van der Waals surface area contributed by atoms with Gasteiger partial charge in [0.25, 0.3) is 0 Å². The Balaban J connectivity index is 2.19. The number of hydrogen-bond acceptors (Lipinski definition) is 1. The van der Waals surface area contributed by atoms with Gasteiger partial charge in [0.15, 0.2) is 5.78 Å². The first-order valence-corrected chi connectivity index (χ1v) is 6.93. The smallest absolute Gasteiger partial charge is 0.171 e. The molecule has 0 aromatic heterocycles. The fourth-order valence-corrected chi connectivity index (χ4v) is 2.33. The van der Waals surface area contributed by atoms with E-state index in [1.165, 1.54) is 23.8 Å². The van der Waals surface area contributed by atoms with Gasteiger partial charge in [-0.25, -0.2) is 4.39 Å². The fraction of sp³-hybridized carbons (Fsp3) is 0.235. The maximum Gasteiger partial charge on any atom is 0.171 e. The minimum Gasteiger partial charge on any atom is -0.294 e. The second-order valence-corrected chi connectivity index (χ2v) is 5.50. The molecule has 0 unspecified atom stereocenters. The van der Waals surface area contributed by atoms with E-state index < -0.39 is 5.82 Å². The summed E-state index contributed by atoms with van der Waals surface area (Å²) in [6.45, 7) is 4.22. The van der Waals surface area contributed by atoms with E-state index in [0.717, 1.165) is 5.56 Å². The monoisotopic (exact) mass is 290 g/mol. The Morgan fingerprint density at radius 3 is 2.35 bits per heavy atom. The first-order valence-electron chi connectivity index (χ1n) is 6.55. The molecule has 0 spiro atoms. The molecule has 0 aliphatic heterocycles. The van der Waals surface area contributed by atoms with Crippen molar-refractivity contribution in [1.82, 2.24) is 0 Å². The van der Waals surface area contributed by atoms with Crippen LogP contribution in [0.1, 0.15) is 41.3 Å². The third kappa shape index (κ3) is 3.26. The Hall–Kier alpha value is -1.67. The number of ketones is 1. The molecule has 0 atom stereocenters. The van der Waals surface area contributed by atoms with Crippen molar-refractivity contribution in [3.05, 3.63) is 70.0 Å². The Morgan fingerprint density at radius 2 is 1.80 bits per heavy atom. The molecule has 0 aliphatic rings. The highest BCUT2D eigenvalue weighted by atomic mass is 35.5. The molecule has 2 rings (SSSR count). The highest BCUT2D eigenvalue weighted by molar-refractivity contribution is 6.34. The van der Waals surface area contributed by atoms with Gasteiger partial charge in [-0.3, -0.25) is 4.79 Å². The molecule has 0 aliphatic carbocycles. The van der Waals surface area contributed by atoms with Crippen molar-refractivity contribution in [2.75, 3.05) is 0 Å². The molecule has 20 heavy (non-hydrogen) atoms. The summed E-state index contributed by atoms with van der Waals surface area (Å²) in [5.41, 5.74) is 2.05. The van der Waals surface area contributed by atoms with Crippen LogP contribution in [-0.4, -0.2) is 5.78 Å². The summed E-state index contributed by atoms with van der Waals surface area (Å²) in [7, 11) is 0. The van der Waals surface area contributed by atoms with E-state index in [4.69, 9.17) is 11.6 Å². The molecule has 0 saturated carbocycles. The van der Waals surface area contributed by atoms with Crippen LogP contribution in [0.5, 0.6) is 0 Å². The number of halogens is 2. The van der Waals surface area contributed by atoms with Crippen LogP contribution in [0.2, 0.25) is 5.02 Å². The number of carbonyl (C=O) groups excluding carboxylic acids is 1. The van der Waals surface area contributed by atoms with Crippen LogP contribution in [0.25, 0.3) is 0 Å². The van der Waals surface area contributed by atoms with Crippen LogP contribution in [0.4, 0.5) is 4.39 Å². The quantitative estimate of drug-likeness (QED) is 0.722. The van der Waals surface area contributed by atoms with Crippen LogP contribution in [0, 0.1) is 5.82 Å². The molecule has 0 heterocycles. The topological polar surface area (TPSA) is 17.1 Å². The van der Waals surface area contributed by atoms with Gasteiger partial charge in [-0.05, 0) is 29.2 Å². The van der Waals surface area contributed by atoms with Gasteiger partial charge < -0.3 is 0 Å². The minimum absolute atomic E-state index is 0.0258. The molecule has 0 bridgehead atoms. The van der Waals surface area contributed by atoms with Crippen LogP contribution >= 0.6 is 11.6 Å². The number of rotatable bonds is 4. The zero-order valence-electron chi connectivity index (χ0n) is 11.5. The van der Waals surface area contributed by atoms with E-state index in [1.807, 2.05) is 24.3 Å². The Labute approximate surface area is 123 Å². The number of benzene rings is 2. The second kappa shape index (κ2) is 6.19. The maximum absolute atomic E-state index is 13.7. The molecule has 3 heteroatoms. The molecule has 1 nitrogen and oxygen atoms in total. The number of carbonyl (C=O) groups is 1. The van der Waals surface area contributed by atoms with E-state index in [2.05, 4.69) is 13.8 Å². The van der Waals surface area contributed by atoms with Crippen molar-refractivity contribution in [1.29, 1.82) is 0 Å². The molecule has 0 amide bonds. The lowest BCUT2D eigenvalue weighted by molar-refractivity contribution is 0.0989. The summed E-state index contributed by atoms with van der Waals surface area (Å²) in [6.07, 6.45) is 0.152. The molecule has 2 aromatic rings. The fourth-order valence-electron chi connectivity index (χ4n) is 2.06. The van der Waals surface area contributed by atoms with E-state index >= 15 is 0 Å². The van der Waals surface area contributed by atoms with Gasteiger partial charge in [0.05, 0.1) is 10.6 Å². The predicted molar refractivity (Wildman–Crippen MR) is 80.0 cm³/mol. The molecule has 0 radical (unpaired) electrons. The number of hydrogen-bond donors (Lipinski definition) is 0. The summed E-state index contributed by atoms with van der Waals surface area (Å²) in [5.74, 6) is -0.424. The van der Waals surface area contributed by atoms with Crippen molar-refractivity contribution in [3.8, 4) is 0 Å². The van der Waals surface area contributed by atoms with Gasteiger partial charge >= 0.3 is 0 Å². The van der Waals surface area contributed by atoms with Gasteiger partial charge in [-0.1, -0.05) is 55.8 Å². The maximum atomic E-state index is 13.7. The van der Waals surface area contributed by atoms with Crippen molar-refractivity contribution in [2.45, 2.75) is 26.2 Å². The molecule has 0 saturated heterocycles. The average Bonchev–Trinajstić information content (AvgIpc) is 2.39. The molecule has 2 aromatic carbocycles. The third-order valence-electron chi connectivity index (χ3n) is 3.25. The Bertz CT molecular complexity index is 597. The van der Waals surface area contributed by atoms with Crippen LogP contribution < -0.4 is 0 Å². The van der Waals surface area contributed by atoms with Crippen molar-refractivity contribution < 1.29 is 9.18 Å². The van der Waals surface area contributed by atoms with Crippen LogP contribution in [0.3, 0.4) is 0 Å². The molecular formula is C17H16ClFO. The molecule has 104 valence electrons. The largest absolute Gasteiger partial charge is 0.294 e. The summed E-state index contributed by atoms with van der Waals surface area (Å²) >= 11 is 5.90. The van der Waals surface area contributed by atoms with Crippen molar-refractivity contribution in [3.63, 3.8) is 0 Å². The summed E-state index contributed by atoms with van der Waals surface area (Å²) < 4.78 is 13.7.